The van der Waals surface area contributed by atoms with E-state index in [9.17, 15) is 14.7 Å². The van der Waals surface area contributed by atoms with Crippen LogP contribution in [0.25, 0.3) is 0 Å². The number of nitrogens with one attached hydrogen (secondary N) is 1. The van der Waals surface area contributed by atoms with E-state index in [0.717, 1.165) is 5.56 Å². The molecule has 5 heteroatoms. The first kappa shape index (κ1) is 16.2. The van der Waals surface area contributed by atoms with Gasteiger partial charge in [-0.15, -0.1) is 0 Å². The second-order valence-electron chi connectivity index (χ2n) is 4.99. The van der Waals surface area contributed by atoms with Crippen molar-refractivity contribution in [2.75, 3.05) is 6.61 Å². The first-order chi connectivity index (χ1) is 9.45. The molecule has 0 aliphatic carbocycles. The lowest BCUT2D eigenvalue weighted by molar-refractivity contribution is -0.146. The number of amides is 1. The van der Waals surface area contributed by atoms with Crippen LogP contribution in [-0.2, 0) is 16.0 Å². The number of carbonyl (C=O) groups excluding carboxylic acids is 1. The molecule has 0 bridgehead atoms. The molecule has 0 spiro atoms. The molecule has 1 amide bonds. The number of carboxylic acid groups (broad SMARTS) is 1. The van der Waals surface area contributed by atoms with Crippen molar-refractivity contribution in [3.63, 3.8) is 0 Å². The highest BCUT2D eigenvalue weighted by Gasteiger charge is 2.27. The van der Waals surface area contributed by atoms with Gasteiger partial charge < -0.3 is 15.5 Å². The molecule has 0 fully saturated rings. The average Bonchev–Trinajstić information content (AvgIpc) is 2.45. The molecule has 2 unspecified atom stereocenters. The molecular weight excluding hydrogens is 258 g/mol. The lowest BCUT2D eigenvalue weighted by atomic mass is 9.94. The first-order valence-electron chi connectivity index (χ1n) is 6.63. The molecule has 0 aliphatic rings. The molecule has 20 heavy (non-hydrogen) atoms. The molecule has 0 radical (unpaired) electrons. The number of aliphatic hydroxyl groups is 1. The maximum Gasteiger partial charge on any atom is 0.307 e. The maximum absolute atomic E-state index is 12.0. The van der Waals surface area contributed by atoms with E-state index in [4.69, 9.17) is 5.11 Å². The molecule has 3 atom stereocenters. The van der Waals surface area contributed by atoms with Crippen LogP contribution in [0, 0.1) is 11.8 Å². The van der Waals surface area contributed by atoms with Crippen LogP contribution in [-0.4, -0.2) is 34.7 Å². The Hall–Kier alpha value is -1.88. The predicted molar refractivity (Wildman–Crippen MR) is 75.1 cm³/mol. The molecule has 5 nitrogen and oxygen atoms in total. The molecule has 1 aromatic carbocycles. The van der Waals surface area contributed by atoms with Gasteiger partial charge in [-0.25, -0.2) is 0 Å². The number of rotatable bonds is 7. The Bertz CT molecular complexity index is 446. The van der Waals surface area contributed by atoms with Crippen molar-refractivity contribution in [2.45, 2.75) is 26.3 Å². The number of aliphatic carboxylic acids is 1. The van der Waals surface area contributed by atoms with Crippen LogP contribution in [0.15, 0.2) is 30.3 Å². The Kier molecular flexibility index (Phi) is 6.18. The van der Waals surface area contributed by atoms with Crippen molar-refractivity contribution < 1.29 is 19.8 Å². The Morgan fingerprint density at radius 1 is 1.15 bits per heavy atom. The van der Waals surface area contributed by atoms with E-state index < -0.39 is 23.8 Å². The van der Waals surface area contributed by atoms with Gasteiger partial charge in [0.1, 0.15) is 0 Å². The van der Waals surface area contributed by atoms with Gasteiger partial charge in [-0.05, 0) is 12.0 Å². The van der Waals surface area contributed by atoms with E-state index in [1.54, 1.807) is 6.92 Å². The molecule has 0 heterocycles. The van der Waals surface area contributed by atoms with Gasteiger partial charge in [0.25, 0.3) is 0 Å². The van der Waals surface area contributed by atoms with Gasteiger partial charge in [-0.1, -0.05) is 44.2 Å². The standard InChI is InChI=1S/C15H21NO4/c1-10(11(2)15(19)20)14(18)16-13(9-17)8-12-6-4-3-5-7-12/h3-7,10-11,13,17H,8-9H2,1-2H3,(H,16,18)(H,19,20)/t10?,11?,13-/m0/s1. The van der Waals surface area contributed by atoms with Gasteiger partial charge in [0.05, 0.1) is 18.6 Å². The summed E-state index contributed by atoms with van der Waals surface area (Å²) in [6.07, 6.45) is 0.511. The summed E-state index contributed by atoms with van der Waals surface area (Å²) in [5, 5.41) is 20.9. The summed E-state index contributed by atoms with van der Waals surface area (Å²) in [7, 11) is 0. The number of carbonyl (C=O) groups is 2. The summed E-state index contributed by atoms with van der Waals surface area (Å²) < 4.78 is 0. The predicted octanol–water partition coefficient (Wildman–Crippen LogP) is 1.06. The van der Waals surface area contributed by atoms with E-state index >= 15 is 0 Å². The number of aliphatic hydroxyl groups excluding tert-OH is 1. The minimum absolute atomic E-state index is 0.186. The van der Waals surface area contributed by atoms with E-state index in [2.05, 4.69) is 5.32 Å². The normalized spacial score (nSPS) is 15.2. The summed E-state index contributed by atoms with van der Waals surface area (Å²) in [5.74, 6) is -2.76. The summed E-state index contributed by atoms with van der Waals surface area (Å²) >= 11 is 0. The third kappa shape index (κ3) is 4.66. The van der Waals surface area contributed by atoms with Crippen molar-refractivity contribution in [3.05, 3.63) is 35.9 Å². The molecule has 0 aliphatic heterocycles. The summed E-state index contributed by atoms with van der Waals surface area (Å²) in [5.41, 5.74) is 1.01. The summed E-state index contributed by atoms with van der Waals surface area (Å²) in [4.78, 5) is 22.8. The zero-order valence-electron chi connectivity index (χ0n) is 11.7. The third-order valence-corrected chi connectivity index (χ3v) is 3.44. The quantitative estimate of drug-likeness (QED) is 0.696. The maximum atomic E-state index is 12.0. The Labute approximate surface area is 118 Å². The highest BCUT2D eigenvalue weighted by Crippen LogP contribution is 2.12. The van der Waals surface area contributed by atoms with Gasteiger partial charge in [-0.3, -0.25) is 9.59 Å². The molecule has 110 valence electrons. The van der Waals surface area contributed by atoms with Crippen molar-refractivity contribution in [3.8, 4) is 0 Å². The third-order valence-electron chi connectivity index (χ3n) is 3.44. The molecule has 0 saturated carbocycles. The number of benzene rings is 1. The van der Waals surface area contributed by atoms with Crippen LogP contribution < -0.4 is 5.32 Å². The first-order valence-corrected chi connectivity index (χ1v) is 6.63. The van der Waals surface area contributed by atoms with E-state index in [0.29, 0.717) is 6.42 Å². The van der Waals surface area contributed by atoms with Gasteiger partial charge in [0, 0.05) is 5.92 Å². The fourth-order valence-electron chi connectivity index (χ4n) is 1.83. The fourth-order valence-corrected chi connectivity index (χ4v) is 1.83. The van der Waals surface area contributed by atoms with Crippen LogP contribution in [0.1, 0.15) is 19.4 Å². The average molecular weight is 279 g/mol. The van der Waals surface area contributed by atoms with Crippen molar-refractivity contribution in [2.24, 2.45) is 11.8 Å². The number of hydrogen-bond donors (Lipinski definition) is 3. The van der Waals surface area contributed by atoms with Gasteiger partial charge in [0.15, 0.2) is 0 Å². The Morgan fingerprint density at radius 3 is 2.25 bits per heavy atom. The highest BCUT2D eigenvalue weighted by molar-refractivity contribution is 5.84. The lowest BCUT2D eigenvalue weighted by Gasteiger charge is -2.21. The van der Waals surface area contributed by atoms with Gasteiger partial charge in [0.2, 0.25) is 5.91 Å². The Balaban J connectivity index is 2.60. The molecule has 0 aromatic heterocycles. The van der Waals surface area contributed by atoms with Crippen molar-refractivity contribution in [1.82, 2.24) is 5.32 Å². The van der Waals surface area contributed by atoms with Crippen molar-refractivity contribution >= 4 is 11.9 Å². The molecule has 1 aromatic rings. The van der Waals surface area contributed by atoms with Crippen LogP contribution in [0.4, 0.5) is 0 Å². The fraction of sp³-hybridized carbons (Fsp3) is 0.467. The highest BCUT2D eigenvalue weighted by atomic mass is 16.4. The van der Waals surface area contributed by atoms with E-state index in [1.807, 2.05) is 30.3 Å². The van der Waals surface area contributed by atoms with Crippen LogP contribution in [0.5, 0.6) is 0 Å². The van der Waals surface area contributed by atoms with Gasteiger partial charge in [-0.2, -0.15) is 0 Å². The van der Waals surface area contributed by atoms with Crippen LogP contribution in [0.2, 0.25) is 0 Å². The second-order valence-corrected chi connectivity index (χ2v) is 4.99. The minimum atomic E-state index is -1.00. The van der Waals surface area contributed by atoms with E-state index in [1.165, 1.54) is 6.92 Å². The number of hydrogen-bond acceptors (Lipinski definition) is 3. The molecule has 1 rings (SSSR count). The van der Waals surface area contributed by atoms with Crippen molar-refractivity contribution in [1.29, 1.82) is 0 Å². The summed E-state index contributed by atoms with van der Waals surface area (Å²) in [6.45, 7) is 2.89. The van der Waals surface area contributed by atoms with Crippen LogP contribution >= 0.6 is 0 Å². The molecule has 0 saturated heterocycles. The number of carboxylic acids is 1. The van der Waals surface area contributed by atoms with E-state index in [-0.39, 0.29) is 12.5 Å². The zero-order valence-corrected chi connectivity index (χ0v) is 11.7. The summed E-state index contributed by atoms with van der Waals surface area (Å²) in [6, 6.07) is 9.10. The SMILES string of the molecule is CC(C(=O)O)C(C)C(=O)N[C@H](CO)Cc1ccccc1. The Morgan fingerprint density at radius 2 is 1.75 bits per heavy atom. The monoisotopic (exact) mass is 279 g/mol. The largest absolute Gasteiger partial charge is 0.481 e. The topological polar surface area (TPSA) is 86.6 Å². The second kappa shape index (κ2) is 7.65. The smallest absolute Gasteiger partial charge is 0.307 e. The zero-order chi connectivity index (χ0) is 15.1. The minimum Gasteiger partial charge on any atom is -0.481 e. The molecule has 3 N–H and O–H groups in total. The lowest BCUT2D eigenvalue weighted by Crippen LogP contribution is -2.44. The molecular formula is C15H21NO4. The van der Waals surface area contributed by atoms with Gasteiger partial charge >= 0.3 is 5.97 Å². The van der Waals surface area contributed by atoms with Crippen LogP contribution in [0.3, 0.4) is 0 Å².